The minimum atomic E-state index is -4.54. The maximum absolute atomic E-state index is 12.5. The number of alkyl halides is 3. The summed E-state index contributed by atoms with van der Waals surface area (Å²) in [7, 11) is 0. The molecule has 2 amide bonds. The number of carbonyl (C=O) groups is 2. The molecule has 3 rings (SSSR count). The molecule has 3 heterocycles. The minimum absolute atomic E-state index is 0.0831. The molecule has 24 heavy (non-hydrogen) atoms. The molecule has 2 N–H and O–H groups in total. The van der Waals surface area contributed by atoms with E-state index in [0.29, 0.717) is 13.1 Å². The number of hydrogen-bond acceptors (Lipinski definition) is 4. The smallest absolute Gasteiger partial charge is 0.366 e. The molecule has 1 saturated heterocycles. The van der Waals surface area contributed by atoms with Gasteiger partial charge in [-0.05, 0) is 12.1 Å². The average Bonchev–Trinajstić information content (AvgIpc) is 2.94. The molecule has 0 bridgehead atoms. The number of nitrogens with two attached hydrogens (primary N) is 1. The van der Waals surface area contributed by atoms with Crippen LogP contribution in [-0.2, 0) is 6.18 Å². The second-order valence-corrected chi connectivity index (χ2v) is 5.37. The summed E-state index contributed by atoms with van der Waals surface area (Å²) in [5.41, 5.74) is 4.45. The van der Waals surface area contributed by atoms with Crippen LogP contribution >= 0.6 is 0 Å². The van der Waals surface area contributed by atoms with Crippen LogP contribution in [0.4, 0.5) is 13.2 Å². The lowest BCUT2D eigenvalue weighted by atomic mass is 10.1. The van der Waals surface area contributed by atoms with Gasteiger partial charge < -0.3 is 10.6 Å². The van der Waals surface area contributed by atoms with Crippen molar-refractivity contribution in [3.8, 4) is 0 Å². The van der Waals surface area contributed by atoms with Gasteiger partial charge in [-0.3, -0.25) is 19.3 Å². The normalized spacial score (nSPS) is 15.2. The lowest BCUT2D eigenvalue weighted by Crippen LogP contribution is -2.50. The predicted octanol–water partition coefficient (Wildman–Crippen LogP) is 1.09. The fourth-order valence-electron chi connectivity index (χ4n) is 2.32. The zero-order chi connectivity index (χ0) is 17.5. The Balaban J connectivity index is 1.63. The first kappa shape index (κ1) is 16.0. The molecule has 0 spiro atoms. The summed E-state index contributed by atoms with van der Waals surface area (Å²) in [6.45, 7) is 0.666. The van der Waals surface area contributed by atoms with Crippen molar-refractivity contribution in [1.29, 1.82) is 0 Å². The Hall–Kier alpha value is -2.91. The number of aromatic nitrogens is 3. The molecule has 126 valence electrons. The zero-order valence-corrected chi connectivity index (χ0v) is 12.2. The molecular weight excluding hydrogens is 327 g/mol. The standard InChI is InChI=1S/C14H12F3N5O2/c15-14(16,17)11-2-1-8(3-19-11)13(24)21-6-10(7-21)22-5-9(4-20-22)12(18)23/h1-5,10H,6-7H2,(H2,18,23). The highest BCUT2D eigenvalue weighted by atomic mass is 19.4. The van der Waals surface area contributed by atoms with Gasteiger partial charge in [0.15, 0.2) is 0 Å². The van der Waals surface area contributed by atoms with E-state index in [4.69, 9.17) is 5.73 Å². The Bertz CT molecular complexity index is 778. The molecule has 0 saturated carbocycles. The third kappa shape index (κ3) is 2.94. The Kier molecular flexibility index (Phi) is 3.74. The number of amides is 2. The summed E-state index contributed by atoms with van der Waals surface area (Å²) in [5.74, 6) is -1.00. The second-order valence-electron chi connectivity index (χ2n) is 5.37. The summed E-state index contributed by atoms with van der Waals surface area (Å²) >= 11 is 0. The topological polar surface area (TPSA) is 94.1 Å². The van der Waals surface area contributed by atoms with Crippen LogP contribution in [0.5, 0.6) is 0 Å². The molecule has 1 fully saturated rings. The van der Waals surface area contributed by atoms with Gasteiger partial charge in [-0.1, -0.05) is 0 Å². The first-order valence-corrected chi connectivity index (χ1v) is 6.92. The van der Waals surface area contributed by atoms with E-state index in [0.717, 1.165) is 18.3 Å². The van der Waals surface area contributed by atoms with Crippen LogP contribution in [0, 0.1) is 0 Å². The van der Waals surface area contributed by atoms with Gasteiger partial charge in [0.05, 0.1) is 23.4 Å². The van der Waals surface area contributed by atoms with E-state index < -0.39 is 23.7 Å². The fourth-order valence-corrected chi connectivity index (χ4v) is 2.32. The van der Waals surface area contributed by atoms with Crippen LogP contribution < -0.4 is 5.73 Å². The highest BCUT2D eigenvalue weighted by Crippen LogP contribution is 2.28. The number of likely N-dealkylation sites (tertiary alicyclic amines) is 1. The largest absolute Gasteiger partial charge is 0.433 e. The van der Waals surface area contributed by atoms with E-state index >= 15 is 0 Å². The van der Waals surface area contributed by atoms with E-state index in [1.165, 1.54) is 22.0 Å². The van der Waals surface area contributed by atoms with E-state index in [9.17, 15) is 22.8 Å². The molecule has 0 atom stereocenters. The summed E-state index contributed by atoms with van der Waals surface area (Å²) in [6, 6.07) is 1.77. The molecule has 0 aromatic carbocycles. The van der Waals surface area contributed by atoms with Crippen LogP contribution in [0.1, 0.15) is 32.5 Å². The average molecular weight is 339 g/mol. The molecule has 2 aromatic heterocycles. The van der Waals surface area contributed by atoms with Crippen LogP contribution in [-0.4, -0.2) is 44.6 Å². The Morgan fingerprint density at radius 3 is 2.38 bits per heavy atom. The van der Waals surface area contributed by atoms with E-state index in [-0.39, 0.29) is 17.2 Å². The van der Waals surface area contributed by atoms with Gasteiger partial charge in [-0.25, -0.2) is 0 Å². The van der Waals surface area contributed by atoms with Crippen LogP contribution in [0.25, 0.3) is 0 Å². The third-order valence-electron chi connectivity index (χ3n) is 3.71. The molecule has 7 nitrogen and oxygen atoms in total. The maximum Gasteiger partial charge on any atom is 0.433 e. The number of nitrogens with zero attached hydrogens (tertiary/aromatic N) is 4. The van der Waals surface area contributed by atoms with Crippen molar-refractivity contribution >= 4 is 11.8 Å². The maximum atomic E-state index is 12.5. The van der Waals surface area contributed by atoms with Crippen molar-refractivity contribution in [3.05, 3.63) is 47.5 Å². The monoisotopic (exact) mass is 339 g/mol. The summed E-state index contributed by atoms with van der Waals surface area (Å²) < 4.78 is 38.9. The summed E-state index contributed by atoms with van der Waals surface area (Å²) in [4.78, 5) is 27.9. The second kappa shape index (κ2) is 5.62. The van der Waals surface area contributed by atoms with Crippen molar-refractivity contribution in [3.63, 3.8) is 0 Å². The van der Waals surface area contributed by atoms with Crippen LogP contribution in [0.2, 0.25) is 0 Å². The van der Waals surface area contributed by atoms with Crippen molar-refractivity contribution in [1.82, 2.24) is 19.7 Å². The first-order chi connectivity index (χ1) is 11.3. The number of pyridine rings is 1. The number of carbonyl (C=O) groups excluding carboxylic acids is 2. The molecule has 1 aliphatic heterocycles. The zero-order valence-electron chi connectivity index (χ0n) is 12.2. The molecule has 1 aliphatic rings. The van der Waals surface area contributed by atoms with E-state index in [1.807, 2.05) is 0 Å². The van der Waals surface area contributed by atoms with Crippen LogP contribution in [0.3, 0.4) is 0 Å². The fraction of sp³-hybridized carbons (Fsp3) is 0.286. The lowest BCUT2D eigenvalue weighted by Gasteiger charge is -2.39. The molecule has 0 radical (unpaired) electrons. The first-order valence-electron chi connectivity index (χ1n) is 6.92. The Labute approximate surface area is 133 Å². The van der Waals surface area contributed by atoms with E-state index in [1.54, 1.807) is 0 Å². The van der Waals surface area contributed by atoms with Gasteiger partial charge in [-0.2, -0.15) is 18.3 Å². The lowest BCUT2D eigenvalue weighted by molar-refractivity contribution is -0.141. The highest BCUT2D eigenvalue weighted by molar-refractivity contribution is 5.94. The van der Waals surface area contributed by atoms with Crippen LogP contribution in [0.15, 0.2) is 30.7 Å². The SMILES string of the molecule is NC(=O)c1cnn(C2CN(C(=O)c3ccc(C(F)(F)F)nc3)C2)c1. The molecule has 2 aromatic rings. The van der Waals surface area contributed by atoms with Gasteiger partial charge in [0.1, 0.15) is 5.69 Å². The predicted molar refractivity (Wildman–Crippen MR) is 74.9 cm³/mol. The quantitative estimate of drug-likeness (QED) is 0.906. The third-order valence-corrected chi connectivity index (χ3v) is 3.71. The summed E-state index contributed by atoms with van der Waals surface area (Å²) in [5, 5.41) is 4.01. The number of rotatable bonds is 3. The molecule has 0 aliphatic carbocycles. The number of hydrogen-bond donors (Lipinski definition) is 1. The minimum Gasteiger partial charge on any atom is -0.366 e. The van der Waals surface area contributed by atoms with E-state index in [2.05, 4.69) is 10.1 Å². The van der Waals surface area contributed by atoms with Gasteiger partial charge in [0.25, 0.3) is 11.8 Å². The van der Waals surface area contributed by atoms with Gasteiger partial charge in [-0.15, -0.1) is 0 Å². The van der Waals surface area contributed by atoms with Gasteiger partial charge >= 0.3 is 6.18 Å². The molecule has 10 heteroatoms. The molecule has 0 unspecified atom stereocenters. The van der Waals surface area contributed by atoms with Crippen molar-refractivity contribution in [2.45, 2.75) is 12.2 Å². The highest BCUT2D eigenvalue weighted by Gasteiger charge is 2.35. The Morgan fingerprint density at radius 1 is 1.17 bits per heavy atom. The summed E-state index contributed by atoms with van der Waals surface area (Å²) in [6.07, 6.45) is -0.791. The van der Waals surface area contributed by atoms with Gasteiger partial charge in [0.2, 0.25) is 0 Å². The number of halogens is 3. The Morgan fingerprint density at radius 2 is 1.88 bits per heavy atom. The van der Waals surface area contributed by atoms with Crippen molar-refractivity contribution in [2.24, 2.45) is 5.73 Å². The molecular formula is C14H12F3N5O2. The van der Waals surface area contributed by atoms with Gasteiger partial charge in [0, 0.05) is 25.5 Å². The van der Waals surface area contributed by atoms with Crippen molar-refractivity contribution < 1.29 is 22.8 Å². The van der Waals surface area contributed by atoms with Crippen molar-refractivity contribution in [2.75, 3.05) is 13.1 Å². The number of primary amides is 1.